The maximum atomic E-state index is 6.75. The highest BCUT2D eigenvalue weighted by molar-refractivity contribution is 6.21. The quantitative estimate of drug-likeness (QED) is 0.420. The van der Waals surface area contributed by atoms with Gasteiger partial charge < -0.3 is 9.47 Å². The van der Waals surface area contributed by atoms with Crippen molar-refractivity contribution >= 4 is 23.2 Å². The standard InChI is InChI=1S/C23H20Cl2O2/c24-19(17-9-3-1-4-10-17)15-23(16-20(25)18-11-5-2-6-12-18)26-21-13-7-8-14-22(21)27-23/h1-14,19-20H,15-16H2. The smallest absolute Gasteiger partial charge is 0.255 e. The van der Waals surface area contributed by atoms with Crippen LogP contribution in [0, 0.1) is 0 Å². The normalized spacial score (nSPS) is 16.7. The van der Waals surface area contributed by atoms with Crippen LogP contribution >= 0.6 is 23.2 Å². The SMILES string of the molecule is ClC(CC1(CC(Cl)c2ccccc2)Oc2ccccc2O1)c1ccccc1. The summed E-state index contributed by atoms with van der Waals surface area (Å²) in [6.07, 6.45) is 0.979. The molecule has 1 heterocycles. The van der Waals surface area contributed by atoms with Gasteiger partial charge in [0.1, 0.15) is 0 Å². The summed E-state index contributed by atoms with van der Waals surface area (Å²) in [6, 6.07) is 27.6. The summed E-state index contributed by atoms with van der Waals surface area (Å²) in [4.78, 5) is 0. The average molecular weight is 399 g/mol. The van der Waals surface area contributed by atoms with Gasteiger partial charge in [-0.2, -0.15) is 0 Å². The Morgan fingerprint density at radius 3 is 1.37 bits per heavy atom. The number of alkyl halides is 2. The lowest BCUT2D eigenvalue weighted by Crippen LogP contribution is -2.40. The summed E-state index contributed by atoms with van der Waals surface area (Å²) < 4.78 is 12.6. The van der Waals surface area contributed by atoms with Crippen LogP contribution in [0.25, 0.3) is 0 Å². The number of halogens is 2. The average Bonchev–Trinajstić information content (AvgIpc) is 3.06. The van der Waals surface area contributed by atoms with E-state index in [0.717, 1.165) is 22.6 Å². The van der Waals surface area contributed by atoms with Crippen molar-refractivity contribution in [3.63, 3.8) is 0 Å². The number of hydrogen-bond acceptors (Lipinski definition) is 2. The number of para-hydroxylation sites is 2. The Morgan fingerprint density at radius 2 is 0.963 bits per heavy atom. The predicted molar refractivity (Wildman–Crippen MR) is 110 cm³/mol. The Labute approximate surface area is 169 Å². The van der Waals surface area contributed by atoms with Crippen molar-refractivity contribution in [2.45, 2.75) is 29.4 Å². The lowest BCUT2D eigenvalue weighted by atomic mass is 9.97. The van der Waals surface area contributed by atoms with Gasteiger partial charge in [-0.25, -0.2) is 0 Å². The van der Waals surface area contributed by atoms with E-state index in [4.69, 9.17) is 32.7 Å². The van der Waals surface area contributed by atoms with Crippen LogP contribution in [-0.4, -0.2) is 5.79 Å². The van der Waals surface area contributed by atoms with Gasteiger partial charge in [-0.05, 0) is 23.3 Å². The van der Waals surface area contributed by atoms with Gasteiger partial charge in [0.15, 0.2) is 11.5 Å². The summed E-state index contributed by atoms with van der Waals surface area (Å²) in [6.45, 7) is 0. The topological polar surface area (TPSA) is 18.5 Å². The van der Waals surface area contributed by atoms with Crippen LogP contribution in [0.2, 0.25) is 0 Å². The minimum absolute atomic E-state index is 0.250. The molecule has 0 bridgehead atoms. The van der Waals surface area contributed by atoms with E-state index in [0.29, 0.717) is 12.8 Å². The molecule has 0 amide bonds. The Morgan fingerprint density at radius 1 is 0.593 bits per heavy atom. The highest BCUT2D eigenvalue weighted by Gasteiger charge is 2.45. The van der Waals surface area contributed by atoms with Crippen LogP contribution in [0.3, 0.4) is 0 Å². The molecule has 3 aromatic rings. The second-order valence-electron chi connectivity index (χ2n) is 6.73. The summed E-state index contributed by atoms with van der Waals surface area (Å²) >= 11 is 13.5. The lowest BCUT2D eigenvalue weighted by molar-refractivity contribution is -0.0930. The van der Waals surface area contributed by atoms with Gasteiger partial charge in [0, 0.05) is 12.8 Å². The molecule has 0 saturated carbocycles. The zero-order valence-corrected chi connectivity index (χ0v) is 16.2. The van der Waals surface area contributed by atoms with Crippen LogP contribution in [0.4, 0.5) is 0 Å². The van der Waals surface area contributed by atoms with Crippen LogP contribution in [0.1, 0.15) is 34.7 Å². The molecule has 0 spiro atoms. The van der Waals surface area contributed by atoms with Crippen molar-refractivity contribution in [2.75, 3.05) is 0 Å². The summed E-state index contributed by atoms with van der Waals surface area (Å²) in [5.41, 5.74) is 2.07. The van der Waals surface area contributed by atoms with Crippen LogP contribution in [-0.2, 0) is 0 Å². The molecular formula is C23H20Cl2O2. The molecule has 4 rings (SSSR count). The van der Waals surface area contributed by atoms with Crippen molar-refractivity contribution in [1.82, 2.24) is 0 Å². The highest BCUT2D eigenvalue weighted by Crippen LogP contribution is 2.48. The van der Waals surface area contributed by atoms with Crippen molar-refractivity contribution < 1.29 is 9.47 Å². The van der Waals surface area contributed by atoms with Crippen LogP contribution < -0.4 is 9.47 Å². The predicted octanol–water partition coefficient (Wildman–Crippen LogP) is 6.89. The second-order valence-corrected chi connectivity index (χ2v) is 7.78. The molecule has 2 unspecified atom stereocenters. The summed E-state index contributed by atoms with van der Waals surface area (Å²) in [5.74, 6) is 0.548. The molecule has 0 saturated heterocycles. The molecule has 3 aromatic carbocycles. The molecule has 2 atom stereocenters. The van der Waals surface area contributed by atoms with Crippen molar-refractivity contribution in [1.29, 1.82) is 0 Å². The van der Waals surface area contributed by atoms with Gasteiger partial charge >= 0.3 is 0 Å². The first-order chi connectivity index (χ1) is 13.2. The molecule has 1 aliphatic rings. The van der Waals surface area contributed by atoms with E-state index in [1.807, 2.05) is 84.9 Å². The lowest BCUT2D eigenvalue weighted by Gasteiger charge is -2.31. The number of rotatable bonds is 6. The van der Waals surface area contributed by atoms with Gasteiger partial charge in [0.25, 0.3) is 5.79 Å². The fourth-order valence-corrected chi connectivity index (χ4v) is 4.16. The maximum absolute atomic E-state index is 6.75. The van der Waals surface area contributed by atoms with Crippen LogP contribution in [0.5, 0.6) is 11.5 Å². The van der Waals surface area contributed by atoms with Crippen molar-refractivity contribution in [3.05, 3.63) is 96.1 Å². The Balaban J connectivity index is 1.60. The highest BCUT2D eigenvalue weighted by atomic mass is 35.5. The van der Waals surface area contributed by atoms with Crippen LogP contribution in [0.15, 0.2) is 84.9 Å². The first-order valence-corrected chi connectivity index (χ1v) is 9.88. The van der Waals surface area contributed by atoms with Gasteiger partial charge in [0.2, 0.25) is 0 Å². The van der Waals surface area contributed by atoms with E-state index in [1.54, 1.807) is 0 Å². The molecule has 2 nitrogen and oxygen atoms in total. The Hall–Kier alpha value is -2.16. The molecule has 0 aliphatic carbocycles. The fourth-order valence-electron chi connectivity index (χ4n) is 3.40. The zero-order valence-electron chi connectivity index (χ0n) is 14.7. The van der Waals surface area contributed by atoms with Gasteiger partial charge in [-0.1, -0.05) is 72.8 Å². The first-order valence-electron chi connectivity index (χ1n) is 9.00. The summed E-state index contributed by atoms with van der Waals surface area (Å²) in [7, 11) is 0. The van der Waals surface area contributed by atoms with E-state index in [1.165, 1.54) is 0 Å². The molecule has 0 aromatic heterocycles. The minimum Gasteiger partial charge on any atom is -0.448 e. The van der Waals surface area contributed by atoms with E-state index in [9.17, 15) is 0 Å². The Bertz CT molecular complexity index is 809. The van der Waals surface area contributed by atoms with Gasteiger partial charge in [0.05, 0.1) is 10.8 Å². The Kier molecular flexibility index (Phi) is 5.29. The largest absolute Gasteiger partial charge is 0.448 e. The molecule has 27 heavy (non-hydrogen) atoms. The van der Waals surface area contributed by atoms with Gasteiger partial charge in [-0.3, -0.25) is 0 Å². The molecular weight excluding hydrogens is 379 g/mol. The molecule has 0 N–H and O–H groups in total. The van der Waals surface area contributed by atoms with E-state index >= 15 is 0 Å². The molecule has 0 radical (unpaired) electrons. The van der Waals surface area contributed by atoms with Gasteiger partial charge in [-0.15, -0.1) is 23.2 Å². The number of fused-ring (bicyclic) bond motifs is 1. The monoisotopic (exact) mass is 398 g/mol. The zero-order chi connectivity index (χ0) is 18.7. The molecule has 1 aliphatic heterocycles. The number of ether oxygens (including phenoxy) is 2. The maximum Gasteiger partial charge on any atom is 0.255 e. The number of benzene rings is 3. The van der Waals surface area contributed by atoms with Crippen molar-refractivity contribution in [2.24, 2.45) is 0 Å². The third-order valence-electron chi connectivity index (χ3n) is 4.74. The third-order valence-corrected chi connectivity index (χ3v) is 5.56. The third kappa shape index (κ3) is 4.07. The molecule has 0 fully saturated rings. The fraction of sp³-hybridized carbons (Fsp3) is 0.217. The van der Waals surface area contributed by atoms with E-state index < -0.39 is 5.79 Å². The second kappa shape index (κ2) is 7.84. The summed E-state index contributed by atoms with van der Waals surface area (Å²) in [5, 5.41) is -0.500. The van der Waals surface area contributed by atoms with Crippen molar-refractivity contribution in [3.8, 4) is 11.5 Å². The van der Waals surface area contributed by atoms with E-state index in [-0.39, 0.29) is 10.8 Å². The first kappa shape index (κ1) is 18.2. The molecule has 138 valence electrons. The number of hydrogen-bond donors (Lipinski definition) is 0. The minimum atomic E-state index is -0.909. The van der Waals surface area contributed by atoms with E-state index in [2.05, 4.69) is 0 Å². The molecule has 4 heteroatoms.